The Morgan fingerprint density at radius 2 is 2.33 bits per heavy atom. The van der Waals surface area contributed by atoms with Gasteiger partial charge in [-0.05, 0) is 31.5 Å². The van der Waals surface area contributed by atoms with Crippen molar-refractivity contribution in [2.24, 2.45) is 0 Å². The van der Waals surface area contributed by atoms with Gasteiger partial charge in [-0.3, -0.25) is 9.89 Å². The summed E-state index contributed by atoms with van der Waals surface area (Å²) in [5.74, 6) is 0.00217. The Morgan fingerprint density at radius 3 is 3.00 bits per heavy atom. The molecule has 1 amide bonds. The normalized spacial score (nSPS) is 17.2. The zero-order valence-corrected chi connectivity index (χ0v) is 13.7. The van der Waals surface area contributed by atoms with E-state index in [9.17, 15) is 4.79 Å². The highest BCUT2D eigenvalue weighted by Gasteiger charge is 2.33. The van der Waals surface area contributed by atoms with Gasteiger partial charge in [0.2, 0.25) is 0 Å². The van der Waals surface area contributed by atoms with Crippen LogP contribution in [0.1, 0.15) is 22.6 Å². The number of carbonyl (C=O) groups excluding carboxylic acids is 1. The van der Waals surface area contributed by atoms with Crippen LogP contribution < -0.4 is 0 Å². The Balaban J connectivity index is 1.64. The van der Waals surface area contributed by atoms with Crippen LogP contribution in [0.4, 0.5) is 0 Å². The molecule has 0 unspecified atom stereocenters. The van der Waals surface area contributed by atoms with Gasteiger partial charge in [0, 0.05) is 30.3 Å². The molecule has 1 aliphatic rings. The number of aryl methyl sites for hydroxylation is 1. The highest BCUT2D eigenvalue weighted by atomic mass is 16.5. The van der Waals surface area contributed by atoms with Gasteiger partial charge >= 0.3 is 0 Å². The summed E-state index contributed by atoms with van der Waals surface area (Å²) in [5, 5.41) is 7.87. The largest absolute Gasteiger partial charge is 0.383 e. The third-order valence-corrected chi connectivity index (χ3v) is 4.58. The Morgan fingerprint density at radius 1 is 1.46 bits per heavy atom. The summed E-state index contributed by atoms with van der Waals surface area (Å²) in [6.07, 6.45) is 2.75. The molecule has 7 nitrogen and oxygen atoms in total. The fourth-order valence-electron chi connectivity index (χ4n) is 3.11. The van der Waals surface area contributed by atoms with E-state index in [2.05, 4.69) is 20.2 Å². The maximum Gasteiger partial charge on any atom is 0.270 e. The van der Waals surface area contributed by atoms with Crippen LogP contribution in [0.2, 0.25) is 0 Å². The second kappa shape index (κ2) is 5.76. The van der Waals surface area contributed by atoms with E-state index in [0.717, 1.165) is 35.3 Å². The number of likely N-dealkylation sites (tertiary alicyclic amines) is 1. The average Bonchev–Trinajstić information content (AvgIpc) is 3.16. The molecule has 24 heavy (non-hydrogen) atoms. The van der Waals surface area contributed by atoms with Gasteiger partial charge in [0.25, 0.3) is 5.91 Å². The number of pyridine rings is 1. The Kier molecular flexibility index (Phi) is 3.57. The number of hydrogen-bond donors (Lipinski definition) is 2. The topological polar surface area (TPSA) is 86.9 Å². The number of amides is 1. The van der Waals surface area contributed by atoms with E-state index < -0.39 is 0 Å². The van der Waals surface area contributed by atoms with E-state index in [1.54, 1.807) is 13.3 Å². The number of nitrogens with zero attached hydrogens (tertiary/aromatic N) is 3. The highest BCUT2D eigenvalue weighted by molar-refractivity contribution is 5.98. The van der Waals surface area contributed by atoms with Gasteiger partial charge in [0.15, 0.2) is 0 Å². The van der Waals surface area contributed by atoms with Gasteiger partial charge in [-0.2, -0.15) is 5.10 Å². The van der Waals surface area contributed by atoms with Gasteiger partial charge in [0.1, 0.15) is 11.3 Å². The first-order valence-electron chi connectivity index (χ1n) is 7.97. The Bertz CT molecular complexity index is 897. The molecule has 0 aliphatic carbocycles. The van der Waals surface area contributed by atoms with Gasteiger partial charge in [-0.25, -0.2) is 4.98 Å². The molecule has 124 valence electrons. The molecule has 1 aliphatic heterocycles. The molecule has 4 rings (SSSR count). The lowest BCUT2D eigenvalue weighted by molar-refractivity contribution is 0.0198. The number of hydrogen-bond acceptors (Lipinski definition) is 4. The zero-order chi connectivity index (χ0) is 16.7. The molecular formula is C17H19N5O2. The van der Waals surface area contributed by atoms with Crippen LogP contribution >= 0.6 is 0 Å². The summed E-state index contributed by atoms with van der Waals surface area (Å²) in [5.41, 5.74) is 4.03. The third-order valence-electron chi connectivity index (χ3n) is 4.58. The predicted octanol–water partition coefficient (Wildman–Crippen LogP) is 2.12. The molecule has 0 aromatic carbocycles. The number of aromatic amines is 2. The molecule has 3 aromatic heterocycles. The minimum Gasteiger partial charge on any atom is -0.383 e. The van der Waals surface area contributed by atoms with Gasteiger partial charge in [-0.1, -0.05) is 0 Å². The van der Waals surface area contributed by atoms with Crippen LogP contribution in [0.5, 0.6) is 0 Å². The summed E-state index contributed by atoms with van der Waals surface area (Å²) in [7, 11) is 1.66. The van der Waals surface area contributed by atoms with E-state index in [0.29, 0.717) is 17.9 Å². The van der Waals surface area contributed by atoms with Gasteiger partial charge in [0.05, 0.1) is 24.5 Å². The number of H-pyrrole nitrogens is 2. The lowest BCUT2D eigenvalue weighted by atomic mass is 10.0. The SMILES string of the molecule is COC[C@H]1CCN1C(=O)c1cc2ccc(-c3cn[nH]c3C)nc2[nH]1. The second-order valence-electron chi connectivity index (χ2n) is 6.12. The van der Waals surface area contributed by atoms with Crippen molar-refractivity contribution in [2.45, 2.75) is 19.4 Å². The van der Waals surface area contributed by atoms with E-state index >= 15 is 0 Å². The van der Waals surface area contributed by atoms with Crippen molar-refractivity contribution in [1.82, 2.24) is 25.1 Å². The van der Waals surface area contributed by atoms with Gasteiger partial charge < -0.3 is 14.6 Å². The summed E-state index contributed by atoms with van der Waals surface area (Å²) in [6.45, 7) is 3.31. The molecule has 7 heteroatoms. The number of fused-ring (bicyclic) bond motifs is 1. The van der Waals surface area contributed by atoms with Gasteiger partial charge in [-0.15, -0.1) is 0 Å². The monoisotopic (exact) mass is 325 g/mol. The first-order chi connectivity index (χ1) is 11.7. The maximum atomic E-state index is 12.6. The minimum absolute atomic E-state index is 0.00217. The Labute approximate surface area is 139 Å². The molecule has 3 aromatic rings. The van der Waals surface area contributed by atoms with Crippen LogP contribution in [0, 0.1) is 6.92 Å². The van der Waals surface area contributed by atoms with Crippen molar-refractivity contribution in [1.29, 1.82) is 0 Å². The minimum atomic E-state index is 0.00217. The molecule has 0 saturated carbocycles. The summed E-state index contributed by atoms with van der Waals surface area (Å²) < 4.78 is 5.16. The molecule has 2 N–H and O–H groups in total. The number of aromatic nitrogens is 4. The molecule has 0 radical (unpaired) electrons. The van der Waals surface area contributed by atoms with Crippen molar-refractivity contribution in [3.05, 3.63) is 35.8 Å². The summed E-state index contributed by atoms with van der Waals surface area (Å²) in [4.78, 5) is 22.3. The van der Waals surface area contributed by atoms with Crippen LogP contribution in [-0.4, -0.2) is 57.3 Å². The molecule has 1 saturated heterocycles. The molecule has 0 bridgehead atoms. The number of ether oxygens (including phenoxy) is 1. The lowest BCUT2D eigenvalue weighted by Crippen LogP contribution is -2.53. The highest BCUT2D eigenvalue weighted by Crippen LogP contribution is 2.25. The van der Waals surface area contributed by atoms with E-state index in [1.165, 1.54) is 0 Å². The average molecular weight is 325 g/mol. The van der Waals surface area contributed by atoms with Crippen LogP contribution in [-0.2, 0) is 4.74 Å². The van der Waals surface area contributed by atoms with Crippen molar-refractivity contribution < 1.29 is 9.53 Å². The van der Waals surface area contributed by atoms with E-state index in [1.807, 2.05) is 30.0 Å². The fourth-order valence-corrected chi connectivity index (χ4v) is 3.11. The lowest BCUT2D eigenvalue weighted by Gasteiger charge is -2.40. The van der Waals surface area contributed by atoms with E-state index in [4.69, 9.17) is 4.74 Å². The molecular weight excluding hydrogens is 306 g/mol. The summed E-state index contributed by atoms with van der Waals surface area (Å²) in [6, 6.07) is 5.95. The fraction of sp³-hybridized carbons (Fsp3) is 0.353. The zero-order valence-electron chi connectivity index (χ0n) is 13.7. The second-order valence-corrected chi connectivity index (χ2v) is 6.12. The van der Waals surface area contributed by atoms with Crippen molar-refractivity contribution >= 4 is 16.9 Å². The third kappa shape index (κ3) is 2.37. The molecule has 4 heterocycles. The smallest absolute Gasteiger partial charge is 0.270 e. The van der Waals surface area contributed by atoms with Crippen molar-refractivity contribution in [3.63, 3.8) is 0 Å². The van der Waals surface area contributed by atoms with Crippen LogP contribution in [0.3, 0.4) is 0 Å². The summed E-state index contributed by atoms with van der Waals surface area (Å²) >= 11 is 0. The standard InChI is InChI=1S/C17H19N5O2/c1-10-13(8-18-21-10)14-4-3-11-7-15(20-16(11)19-14)17(23)22-6-5-12(22)9-24-2/h3-4,7-8,12H,5-6,9H2,1-2H3,(H,18,21)(H,19,20)/t12-/m1/s1. The maximum absolute atomic E-state index is 12.6. The van der Waals surface area contributed by atoms with Crippen LogP contribution in [0.25, 0.3) is 22.3 Å². The quantitative estimate of drug-likeness (QED) is 0.769. The van der Waals surface area contributed by atoms with Crippen molar-refractivity contribution in [3.8, 4) is 11.3 Å². The van der Waals surface area contributed by atoms with Crippen LogP contribution in [0.15, 0.2) is 24.4 Å². The van der Waals surface area contributed by atoms with Crippen molar-refractivity contribution in [2.75, 3.05) is 20.3 Å². The number of methoxy groups -OCH3 is 1. The predicted molar refractivity (Wildman–Crippen MR) is 89.7 cm³/mol. The molecule has 1 fully saturated rings. The first kappa shape index (κ1) is 14.9. The van der Waals surface area contributed by atoms with E-state index in [-0.39, 0.29) is 11.9 Å². The molecule has 1 atom stereocenters. The number of carbonyl (C=O) groups is 1. The molecule has 0 spiro atoms. The Hall–Kier alpha value is -2.67. The first-order valence-corrected chi connectivity index (χ1v) is 7.97. The number of nitrogens with one attached hydrogen (secondary N) is 2. The number of rotatable bonds is 4.